The Morgan fingerprint density at radius 3 is 2.60 bits per heavy atom. The summed E-state index contributed by atoms with van der Waals surface area (Å²) < 4.78 is 37.1. The molecule has 0 N–H and O–H groups in total. The van der Waals surface area contributed by atoms with Crippen molar-refractivity contribution in [1.29, 1.82) is 5.26 Å². The van der Waals surface area contributed by atoms with Crippen molar-refractivity contribution < 1.29 is 18.1 Å². The quantitative estimate of drug-likeness (QED) is 0.560. The summed E-state index contributed by atoms with van der Waals surface area (Å²) in [5, 5.41) is 18.6. The van der Waals surface area contributed by atoms with E-state index in [1.54, 1.807) is 0 Å². The van der Waals surface area contributed by atoms with Crippen LogP contribution in [0.4, 0.5) is 19.0 Å². The van der Waals surface area contributed by atoms with Crippen LogP contribution in [0.1, 0.15) is 17.7 Å². The Kier molecular flexibility index (Phi) is 2.85. The number of nitriles is 1. The average molecular weight is 217 g/mol. The first-order valence-electron chi connectivity index (χ1n) is 3.50. The minimum Gasteiger partial charge on any atom is -0.358 e. The molecule has 0 spiro atoms. The number of alkyl halides is 2. The Balaban J connectivity index is 3.47. The van der Waals surface area contributed by atoms with Gasteiger partial charge in [-0.3, -0.25) is 0 Å². The lowest BCUT2D eigenvalue weighted by Gasteiger charge is -1.98. The van der Waals surface area contributed by atoms with Gasteiger partial charge in [0.05, 0.1) is 0 Å². The van der Waals surface area contributed by atoms with Gasteiger partial charge >= 0.3 is 12.2 Å². The third kappa shape index (κ3) is 2.01. The number of aromatic nitrogens is 1. The van der Waals surface area contributed by atoms with E-state index in [1.165, 1.54) is 6.07 Å². The third-order valence-corrected chi connectivity index (χ3v) is 1.48. The van der Waals surface area contributed by atoms with Gasteiger partial charge in [0.25, 0.3) is 0 Å². The van der Waals surface area contributed by atoms with Crippen molar-refractivity contribution in [2.24, 2.45) is 0 Å². The molecule has 0 atom stereocenters. The van der Waals surface area contributed by atoms with Crippen molar-refractivity contribution in [1.82, 2.24) is 4.98 Å². The minimum atomic E-state index is -3.13. The van der Waals surface area contributed by atoms with Gasteiger partial charge in [-0.05, 0) is 9.91 Å². The fraction of sp³-hybridized carbons (Fsp3) is 0.143. The van der Waals surface area contributed by atoms with Crippen LogP contribution in [0, 0.1) is 27.3 Å². The van der Waals surface area contributed by atoms with Gasteiger partial charge in [-0.25, -0.2) is 13.2 Å². The summed E-state index contributed by atoms with van der Waals surface area (Å²) in [5.41, 5.74) is -2.03. The summed E-state index contributed by atoms with van der Waals surface area (Å²) in [7, 11) is 0. The van der Waals surface area contributed by atoms with E-state index < -0.39 is 34.2 Å². The first-order chi connectivity index (χ1) is 6.97. The van der Waals surface area contributed by atoms with Crippen LogP contribution in [-0.2, 0) is 0 Å². The fourth-order valence-electron chi connectivity index (χ4n) is 0.867. The predicted octanol–water partition coefficient (Wildman–Crippen LogP) is 1.94. The average Bonchev–Trinajstić information content (AvgIpc) is 2.16. The highest BCUT2D eigenvalue weighted by atomic mass is 19.3. The molecule has 5 nitrogen and oxygen atoms in total. The Bertz CT molecular complexity index is 456. The maximum Gasteiger partial charge on any atom is 0.384 e. The maximum atomic E-state index is 12.9. The number of nitro groups is 1. The van der Waals surface area contributed by atoms with Crippen LogP contribution in [0.2, 0.25) is 0 Å². The zero-order chi connectivity index (χ0) is 11.6. The molecule has 0 radical (unpaired) electrons. The van der Waals surface area contributed by atoms with E-state index in [-0.39, 0.29) is 0 Å². The lowest BCUT2D eigenvalue weighted by molar-refractivity contribution is -0.390. The molecule has 1 heterocycles. The third-order valence-electron chi connectivity index (χ3n) is 1.48. The van der Waals surface area contributed by atoms with Crippen LogP contribution < -0.4 is 0 Å². The zero-order valence-corrected chi connectivity index (χ0v) is 6.95. The van der Waals surface area contributed by atoms with Crippen molar-refractivity contribution in [2.75, 3.05) is 0 Å². The summed E-state index contributed by atoms with van der Waals surface area (Å²) >= 11 is 0. The highest BCUT2D eigenvalue weighted by Crippen LogP contribution is 2.24. The molecular weight excluding hydrogens is 215 g/mol. The van der Waals surface area contributed by atoms with Crippen molar-refractivity contribution in [2.45, 2.75) is 6.43 Å². The summed E-state index contributed by atoms with van der Waals surface area (Å²) in [4.78, 5) is 12.0. The van der Waals surface area contributed by atoms with Crippen LogP contribution in [0.5, 0.6) is 0 Å². The standard InChI is InChI=1S/C7H2F3N3O2/c8-4-1-5(6(9)10)12-7(13(14)15)3(4)2-11/h1,6H. The molecule has 0 aliphatic heterocycles. The number of rotatable bonds is 2. The second-order valence-corrected chi connectivity index (χ2v) is 2.40. The zero-order valence-electron chi connectivity index (χ0n) is 6.95. The Hall–Kier alpha value is -2.17. The van der Waals surface area contributed by atoms with Gasteiger partial charge < -0.3 is 10.1 Å². The topological polar surface area (TPSA) is 79.8 Å². The highest BCUT2D eigenvalue weighted by molar-refractivity contribution is 5.44. The van der Waals surface area contributed by atoms with Gasteiger partial charge in [0, 0.05) is 6.07 Å². The summed E-state index contributed by atoms with van der Waals surface area (Å²) in [6.45, 7) is 0. The predicted molar refractivity (Wildman–Crippen MR) is 40.5 cm³/mol. The normalized spacial score (nSPS) is 10.1. The van der Waals surface area contributed by atoms with Gasteiger partial charge in [-0.2, -0.15) is 5.26 Å². The molecule has 0 saturated heterocycles. The van der Waals surface area contributed by atoms with Crippen LogP contribution in [0.3, 0.4) is 0 Å². The van der Waals surface area contributed by atoms with E-state index in [1.807, 2.05) is 0 Å². The lowest BCUT2D eigenvalue weighted by Crippen LogP contribution is -2.03. The summed E-state index contributed by atoms with van der Waals surface area (Å²) in [6, 6.07) is 1.49. The minimum absolute atomic E-state index is 0.302. The van der Waals surface area contributed by atoms with Gasteiger partial charge in [-0.15, -0.1) is 0 Å². The van der Waals surface area contributed by atoms with E-state index in [0.717, 1.165) is 0 Å². The van der Waals surface area contributed by atoms with Crippen molar-refractivity contribution in [3.63, 3.8) is 0 Å². The maximum absolute atomic E-state index is 12.9. The van der Waals surface area contributed by atoms with Gasteiger partial charge in [0.2, 0.25) is 5.69 Å². The molecule has 1 rings (SSSR count). The molecule has 0 unspecified atom stereocenters. The lowest BCUT2D eigenvalue weighted by atomic mass is 10.2. The Labute approximate surface area is 80.9 Å². The van der Waals surface area contributed by atoms with Crippen LogP contribution in [0.25, 0.3) is 0 Å². The van der Waals surface area contributed by atoms with Crippen molar-refractivity contribution in [3.8, 4) is 6.07 Å². The van der Waals surface area contributed by atoms with Crippen molar-refractivity contribution >= 4 is 5.82 Å². The molecule has 1 aromatic rings. The summed E-state index contributed by atoms with van der Waals surface area (Å²) in [6.07, 6.45) is -3.13. The number of nitrogens with zero attached hydrogens (tertiary/aromatic N) is 3. The molecule has 0 aromatic carbocycles. The van der Waals surface area contributed by atoms with Crippen LogP contribution >= 0.6 is 0 Å². The van der Waals surface area contributed by atoms with E-state index in [4.69, 9.17) is 5.26 Å². The molecule has 0 fully saturated rings. The smallest absolute Gasteiger partial charge is 0.358 e. The molecule has 0 saturated carbocycles. The second-order valence-electron chi connectivity index (χ2n) is 2.40. The SMILES string of the molecule is N#Cc1c(F)cc(C(F)F)nc1[N+](=O)[O-]. The molecule has 1 aromatic heterocycles. The van der Waals surface area contributed by atoms with Crippen LogP contribution in [0.15, 0.2) is 6.07 Å². The molecule has 0 bridgehead atoms. The van der Waals surface area contributed by atoms with E-state index in [9.17, 15) is 23.3 Å². The number of pyridine rings is 1. The Morgan fingerprint density at radius 1 is 1.60 bits per heavy atom. The molecular formula is C7H2F3N3O2. The molecule has 8 heteroatoms. The number of hydrogen-bond acceptors (Lipinski definition) is 4. The highest BCUT2D eigenvalue weighted by Gasteiger charge is 2.26. The largest absolute Gasteiger partial charge is 0.384 e. The first-order valence-corrected chi connectivity index (χ1v) is 3.50. The molecule has 0 amide bonds. The van der Waals surface area contributed by atoms with Gasteiger partial charge in [0.15, 0.2) is 11.4 Å². The van der Waals surface area contributed by atoms with E-state index >= 15 is 0 Å². The molecule has 15 heavy (non-hydrogen) atoms. The monoisotopic (exact) mass is 217 g/mol. The molecule has 0 aliphatic carbocycles. The van der Waals surface area contributed by atoms with E-state index in [0.29, 0.717) is 6.07 Å². The van der Waals surface area contributed by atoms with Gasteiger partial charge in [0.1, 0.15) is 6.07 Å². The Morgan fingerprint density at radius 2 is 2.20 bits per heavy atom. The molecule has 78 valence electrons. The van der Waals surface area contributed by atoms with Gasteiger partial charge in [-0.1, -0.05) is 0 Å². The van der Waals surface area contributed by atoms with Crippen molar-refractivity contribution in [3.05, 3.63) is 33.3 Å². The second kappa shape index (κ2) is 3.91. The molecule has 0 aliphatic rings. The van der Waals surface area contributed by atoms with Crippen LogP contribution in [-0.4, -0.2) is 9.91 Å². The number of hydrogen-bond donors (Lipinski definition) is 0. The first kappa shape index (κ1) is 10.9. The van der Waals surface area contributed by atoms with E-state index in [2.05, 4.69) is 4.98 Å². The fourth-order valence-corrected chi connectivity index (χ4v) is 0.867. The summed E-state index contributed by atoms with van der Waals surface area (Å²) in [5.74, 6) is -2.58. The number of halogens is 3.